The van der Waals surface area contributed by atoms with Gasteiger partial charge in [-0.1, -0.05) is 12.0 Å². The zero-order valence-electron chi connectivity index (χ0n) is 25.2. The van der Waals surface area contributed by atoms with Gasteiger partial charge in [0.15, 0.2) is 0 Å². The molecule has 0 radical (unpaired) electrons. The molecular weight excluding hydrogens is 751 g/mol. The van der Waals surface area contributed by atoms with Crippen molar-refractivity contribution in [2.24, 2.45) is 0 Å². The van der Waals surface area contributed by atoms with Gasteiger partial charge < -0.3 is 15.5 Å². The van der Waals surface area contributed by atoms with Crippen LogP contribution < -0.4 is 5.32 Å². The minimum absolute atomic E-state index is 0.0857. The molecule has 0 saturated heterocycles. The van der Waals surface area contributed by atoms with Crippen LogP contribution in [0.5, 0.6) is 0 Å². The fourth-order valence-electron chi connectivity index (χ4n) is 5.12. The highest BCUT2D eigenvalue weighted by molar-refractivity contribution is 7.31. The van der Waals surface area contributed by atoms with Crippen LogP contribution in [0.1, 0.15) is 20.8 Å². The molecule has 3 N–H and O–H groups in total. The topological polar surface area (TPSA) is 104 Å². The molecule has 7 rings (SSSR count). The Bertz CT molecular complexity index is 2350. The molecule has 0 saturated carbocycles. The van der Waals surface area contributed by atoms with Gasteiger partial charge in [-0.25, -0.2) is 0 Å². The number of hydrogen-bond donors (Lipinski definition) is 3. The normalized spacial score (nSPS) is 11.1. The van der Waals surface area contributed by atoms with Gasteiger partial charge in [0.2, 0.25) is 0 Å². The van der Waals surface area contributed by atoms with E-state index in [1.54, 1.807) is 74.1 Å². The first-order valence-electron chi connectivity index (χ1n) is 14.6. The lowest BCUT2D eigenvalue weighted by Crippen LogP contribution is -2.22. The fourth-order valence-corrected chi connectivity index (χ4v) is 12.8. The van der Waals surface area contributed by atoms with Crippen LogP contribution in [-0.4, -0.2) is 34.6 Å². The molecule has 7 heterocycles. The molecule has 0 unspecified atom stereocenters. The van der Waals surface area contributed by atoms with Crippen molar-refractivity contribution >= 4 is 97.2 Å². The zero-order valence-corrected chi connectivity index (χ0v) is 30.9. The maximum absolute atomic E-state index is 12.3. The van der Waals surface area contributed by atoms with E-state index in [-0.39, 0.29) is 25.3 Å². The number of terminal acetylenes is 1. The number of hydrogen-bond acceptors (Lipinski definition) is 10. The van der Waals surface area contributed by atoms with E-state index in [1.165, 1.54) is 21.1 Å². The molecule has 7 aromatic rings. The Morgan fingerprint density at radius 1 is 0.592 bits per heavy atom. The second-order valence-electron chi connectivity index (χ2n) is 10.6. The van der Waals surface area contributed by atoms with E-state index in [1.807, 2.05) is 48.5 Å². The average molecular weight is 774 g/mol. The van der Waals surface area contributed by atoms with Gasteiger partial charge in [0.1, 0.15) is 0 Å². The highest BCUT2D eigenvalue weighted by Crippen LogP contribution is 2.49. The molecule has 6 nitrogen and oxygen atoms in total. The second-order valence-corrected chi connectivity index (χ2v) is 18.0. The number of rotatable bonds is 12. The smallest absolute Gasteiger partial charge is 0.307 e. The number of carbonyl (C=O) groups excluding carboxylic acids is 1. The molecule has 0 aromatic carbocycles. The lowest BCUT2D eigenvalue weighted by molar-refractivity contribution is -0.137. The minimum Gasteiger partial charge on any atom is -0.481 e. The maximum Gasteiger partial charge on any atom is 0.307 e. The molecule has 13 heteroatoms. The Morgan fingerprint density at radius 3 is 1.57 bits per heavy atom. The number of thiophene rings is 7. The third-order valence-corrected chi connectivity index (χ3v) is 15.9. The molecule has 7 aromatic heterocycles. The molecule has 0 fully saturated rings. The van der Waals surface area contributed by atoms with Crippen LogP contribution in [0.4, 0.5) is 0 Å². The molecule has 0 aliphatic carbocycles. The Labute approximate surface area is 309 Å². The van der Waals surface area contributed by atoms with Crippen LogP contribution in [0.15, 0.2) is 78.2 Å². The largest absolute Gasteiger partial charge is 0.481 e. The van der Waals surface area contributed by atoms with Crippen molar-refractivity contribution in [2.75, 3.05) is 6.54 Å². The first-order valence-corrected chi connectivity index (χ1v) is 20.4. The standard InChI is InChI=1S/C36H23NO5S7/c1-2-13-37-36(42)29-12-9-24(46-29)23-6-8-26(45-23)31-16-20(18-33(40)41)35(49-31)28-11-10-27(47-28)34-19(17-32(38)39)15-30(48-34)25-7-5-22(44-25)21-4-3-14-43-21/h1,3-12,14-16H,13,17-18H2,(H,37,42)(H,38,39)(H,40,41). The summed E-state index contributed by atoms with van der Waals surface area (Å²) in [6.45, 7) is 0.171. The first-order chi connectivity index (χ1) is 23.7. The lowest BCUT2D eigenvalue weighted by atomic mass is 10.1. The van der Waals surface area contributed by atoms with Crippen molar-refractivity contribution in [2.45, 2.75) is 12.8 Å². The van der Waals surface area contributed by atoms with Crippen LogP contribution in [0.3, 0.4) is 0 Å². The van der Waals surface area contributed by atoms with Gasteiger partial charge in [0.25, 0.3) is 5.91 Å². The molecule has 0 aliphatic rings. The van der Waals surface area contributed by atoms with Crippen LogP contribution in [0, 0.1) is 12.3 Å². The predicted octanol–water partition coefficient (Wildman–Crippen LogP) is 10.7. The number of nitrogens with one attached hydrogen (secondary N) is 1. The molecular formula is C36H23NO5S7. The lowest BCUT2D eigenvalue weighted by Gasteiger charge is -1.99. The molecule has 0 spiro atoms. The SMILES string of the molecule is C#CCNC(=O)c1ccc(-c2ccc(-c3cc(CC(=O)O)c(-c4ccc(-c5sc(-c6ccc(-c7cccs7)s6)cc5CC(=O)O)s4)s3)s2)s1. The third kappa shape index (κ3) is 7.27. The van der Waals surface area contributed by atoms with E-state index in [0.717, 1.165) is 59.9 Å². The zero-order chi connectivity index (χ0) is 34.1. The molecule has 244 valence electrons. The molecule has 0 aliphatic heterocycles. The fraction of sp³-hybridized carbons (Fsp3) is 0.0833. The second kappa shape index (κ2) is 14.4. The van der Waals surface area contributed by atoms with Crippen molar-refractivity contribution in [3.05, 3.63) is 94.2 Å². The Hall–Kier alpha value is -4.13. The predicted molar refractivity (Wildman–Crippen MR) is 208 cm³/mol. The first kappa shape index (κ1) is 33.4. The van der Waals surface area contributed by atoms with Gasteiger partial charge in [0.05, 0.1) is 24.3 Å². The number of carbonyl (C=O) groups is 3. The molecule has 0 bridgehead atoms. The molecule has 49 heavy (non-hydrogen) atoms. The Morgan fingerprint density at radius 2 is 1.06 bits per heavy atom. The summed E-state index contributed by atoms with van der Waals surface area (Å²) >= 11 is 11.1. The van der Waals surface area contributed by atoms with Crippen molar-refractivity contribution < 1.29 is 24.6 Å². The van der Waals surface area contributed by atoms with E-state index in [0.29, 0.717) is 4.88 Å². The van der Waals surface area contributed by atoms with E-state index >= 15 is 0 Å². The van der Waals surface area contributed by atoms with E-state index < -0.39 is 11.9 Å². The summed E-state index contributed by atoms with van der Waals surface area (Å²) in [6.07, 6.45) is 5.06. The van der Waals surface area contributed by atoms with E-state index in [4.69, 9.17) is 6.42 Å². The van der Waals surface area contributed by atoms with Gasteiger partial charge in [-0.05, 0) is 83.2 Å². The number of aliphatic carboxylic acids is 2. The summed E-state index contributed by atoms with van der Waals surface area (Å²) in [6, 6.07) is 24.0. The summed E-state index contributed by atoms with van der Waals surface area (Å²) in [4.78, 5) is 48.8. The Balaban J connectivity index is 1.19. The van der Waals surface area contributed by atoms with Crippen molar-refractivity contribution in [1.29, 1.82) is 0 Å². The van der Waals surface area contributed by atoms with E-state index in [9.17, 15) is 24.6 Å². The number of amides is 1. The highest BCUT2D eigenvalue weighted by Gasteiger charge is 2.22. The average Bonchev–Trinajstić information content (AvgIpc) is 3.91. The number of carboxylic acids is 2. The van der Waals surface area contributed by atoms with Crippen LogP contribution >= 0.6 is 79.4 Å². The van der Waals surface area contributed by atoms with Crippen molar-refractivity contribution in [1.82, 2.24) is 5.32 Å². The minimum atomic E-state index is -0.909. The van der Waals surface area contributed by atoms with Gasteiger partial charge >= 0.3 is 11.9 Å². The summed E-state index contributed by atoms with van der Waals surface area (Å²) in [5, 5.41) is 24.2. The highest BCUT2D eigenvalue weighted by atomic mass is 32.1. The van der Waals surface area contributed by atoms with Crippen LogP contribution in [0.2, 0.25) is 0 Å². The third-order valence-electron chi connectivity index (χ3n) is 7.24. The summed E-state index contributed by atoms with van der Waals surface area (Å²) in [5.41, 5.74) is 1.50. The van der Waals surface area contributed by atoms with E-state index in [2.05, 4.69) is 34.8 Å². The van der Waals surface area contributed by atoms with Crippen molar-refractivity contribution in [3.63, 3.8) is 0 Å². The van der Waals surface area contributed by atoms with Crippen molar-refractivity contribution in [3.8, 4) is 70.9 Å². The Kier molecular flexibility index (Phi) is 9.80. The molecule has 1 amide bonds. The summed E-state index contributed by atoms with van der Waals surface area (Å²) in [7, 11) is 0. The van der Waals surface area contributed by atoms with Gasteiger partial charge in [-0.15, -0.1) is 85.8 Å². The van der Waals surface area contributed by atoms with Gasteiger partial charge in [-0.2, -0.15) is 0 Å². The molecule has 0 atom stereocenters. The summed E-state index contributed by atoms with van der Waals surface area (Å²) in [5.74, 6) is 0.408. The van der Waals surface area contributed by atoms with Crippen LogP contribution in [-0.2, 0) is 22.4 Å². The monoisotopic (exact) mass is 773 g/mol. The van der Waals surface area contributed by atoms with Gasteiger partial charge in [-0.3, -0.25) is 14.4 Å². The van der Waals surface area contributed by atoms with Crippen LogP contribution in [0.25, 0.3) is 58.5 Å². The summed E-state index contributed by atoms with van der Waals surface area (Å²) < 4.78 is 0. The number of carboxylic acid groups (broad SMARTS) is 2. The quantitative estimate of drug-likeness (QED) is 0.107. The maximum atomic E-state index is 12.3. The van der Waals surface area contributed by atoms with Gasteiger partial charge in [0, 0.05) is 58.5 Å².